The van der Waals surface area contributed by atoms with E-state index in [0.717, 1.165) is 5.56 Å². The number of carbonyl (C=O) groups is 1. The Morgan fingerprint density at radius 2 is 1.56 bits per heavy atom. The Kier molecular flexibility index (Phi) is 6.27. The molecule has 0 aliphatic heterocycles. The first-order valence-corrected chi connectivity index (χ1v) is 9.87. The maximum Gasteiger partial charge on any atom is 0.255 e. The predicted octanol–water partition coefficient (Wildman–Crippen LogP) is 5.21. The number of nitrogens with one attached hydrogen (secondary N) is 1. The summed E-state index contributed by atoms with van der Waals surface area (Å²) in [6, 6.07) is 25.2. The van der Waals surface area contributed by atoms with Gasteiger partial charge in [-0.2, -0.15) is 0 Å². The Morgan fingerprint density at radius 1 is 0.781 bits per heavy atom. The number of nitrogens with zero attached hydrogens (tertiary/aromatic N) is 2. The van der Waals surface area contributed by atoms with Crippen LogP contribution in [0.1, 0.15) is 10.4 Å². The summed E-state index contributed by atoms with van der Waals surface area (Å²) in [5.74, 6) is 1.99. The molecule has 4 rings (SSSR count). The van der Waals surface area contributed by atoms with E-state index in [9.17, 15) is 4.79 Å². The zero-order valence-electron chi connectivity index (χ0n) is 17.6. The molecule has 7 heteroatoms. The van der Waals surface area contributed by atoms with E-state index in [1.807, 2.05) is 48.5 Å². The molecule has 1 aromatic heterocycles. The summed E-state index contributed by atoms with van der Waals surface area (Å²) in [4.78, 5) is 12.5. The van der Waals surface area contributed by atoms with Gasteiger partial charge in [-0.05, 0) is 42.5 Å². The van der Waals surface area contributed by atoms with E-state index < -0.39 is 0 Å². The number of benzene rings is 3. The Balaban J connectivity index is 1.44. The average molecular weight is 427 g/mol. The molecule has 1 heterocycles. The Labute approximate surface area is 185 Å². The SMILES string of the molecule is COc1cccc(NC(=O)c2ccc(-c3ccc(Oc4ccccc4OC)nn3)cc2)c1. The van der Waals surface area contributed by atoms with E-state index in [-0.39, 0.29) is 5.91 Å². The van der Waals surface area contributed by atoms with Crippen molar-refractivity contribution in [2.75, 3.05) is 19.5 Å². The largest absolute Gasteiger partial charge is 0.497 e. The molecule has 0 saturated carbocycles. The summed E-state index contributed by atoms with van der Waals surface area (Å²) in [6.07, 6.45) is 0. The van der Waals surface area contributed by atoms with E-state index in [1.54, 1.807) is 50.6 Å². The zero-order chi connectivity index (χ0) is 22.3. The zero-order valence-corrected chi connectivity index (χ0v) is 17.6. The Bertz CT molecular complexity index is 1210. The van der Waals surface area contributed by atoms with Gasteiger partial charge in [0.25, 0.3) is 5.91 Å². The van der Waals surface area contributed by atoms with Crippen molar-refractivity contribution in [1.29, 1.82) is 0 Å². The number of hydrogen-bond acceptors (Lipinski definition) is 6. The van der Waals surface area contributed by atoms with E-state index in [2.05, 4.69) is 15.5 Å². The maximum absolute atomic E-state index is 12.5. The van der Waals surface area contributed by atoms with E-state index in [4.69, 9.17) is 14.2 Å². The third kappa shape index (κ3) is 4.84. The number of amides is 1. The van der Waals surface area contributed by atoms with E-state index in [0.29, 0.717) is 40.1 Å². The first kappa shape index (κ1) is 20.9. The van der Waals surface area contributed by atoms with Crippen molar-refractivity contribution < 1.29 is 19.0 Å². The van der Waals surface area contributed by atoms with Gasteiger partial charge in [0.15, 0.2) is 11.5 Å². The van der Waals surface area contributed by atoms with Crippen LogP contribution in [-0.2, 0) is 0 Å². The molecule has 0 atom stereocenters. The third-order valence-electron chi connectivity index (χ3n) is 4.69. The third-order valence-corrected chi connectivity index (χ3v) is 4.69. The molecule has 0 unspecified atom stereocenters. The molecule has 32 heavy (non-hydrogen) atoms. The minimum Gasteiger partial charge on any atom is -0.497 e. The standard InChI is InChI=1S/C25H21N3O4/c1-30-20-7-5-6-19(16-20)26-25(29)18-12-10-17(11-13-18)21-14-15-24(28-27-21)32-23-9-4-3-8-22(23)31-2/h3-16H,1-2H3,(H,26,29). The molecule has 7 nitrogen and oxygen atoms in total. The fraction of sp³-hybridized carbons (Fsp3) is 0.0800. The highest BCUT2D eigenvalue weighted by atomic mass is 16.5. The van der Waals surface area contributed by atoms with Crippen molar-refractivity contribution in [2.24, 2.45) is 0 Å². The molecule has 0 saturated heterocycles. The minimum atomic E-state index is -0.212. The van der Waals surface area contributed by atoms with Crippen LogP contribution in [0.5, 0.6) is 23.1 Å². The monoisotopic (exact) mass is 427 g/mol. The number of para-hydroxylation sites is 2. The van der Waals surface area contributed by atoms with Gasteiger partial charge in [-0.25, -0.2) is 0 Å². The fourth-order valence-electron chi connectivity index (χ4n) is 3.04. The van der Waals surface area contributed by atoms with Gasteiger partial charge < -0.3 is 19.5 Å². The minimum absolute atomic E-state index is 0.212. The van der Waals surface area contributed by atoms with E-state index >= 15 is 0 Å². The summed E-state index contributed by atoms with van der Waals surface area (Å²) >= 11 is 0. The number of anilines is 1. The number of methoxy groups -OCH3 is 2. The summed E-state index contributed by atoms with van der Waals surface area (Å²) in [5.41, 5.74) is 2.69. The van der Waals surface area contributed by atoms with Crippen LogP contribution in [-0.4, -0.2) is 30.3 Å². The van der Waals surface area contributed by atoms with Crippen molar-refractivity contribution in [3.63, 3.8) is 0 Å². The van der Waals surface area contributed by atoms with Crippen LogP contribution in [0, 0.1) is 0 Å². The van der Waals surface area contributed by atoms with Gasteiger partial charge in [0.05, 0.1) is 19.9 Å². The normalized spacial score (nSPS) is 10.3. The maximum atomic E-state index is 12.5. The lowest BCUT2D eigenvalue weighted by molar-refractivity contribution is 0.102. The van der Waals surface area contributed by atoms with Crippen LogP contribution in [0.25, 0.3) is 11.3 Å². The second-order valence-corrected chi connectivity index (χ2v) is 6.77. The Morgan fingerprint density at radius 3 is 2.25 bits per heavy atom. The highest BCUT2D eigenvalue weighted by Crippen LogP contribution is 2.30. The summed E-state index contributed by atoms with van der Waals surface area (Å²) < 4.78 is 16.2. The van der Waals surface area contributed by atoms with Crippen molar-refractivity contribution in [1.82, 2.24) is 10.2 Å². The van der Waals surface area contributed by atoms with Crippen molar-refractivity contribution >= 4 is 11.6 Å². The molecule has 0 fully saturated rings. The van der Waals surface area contributed by atoms with E-state index in [1.165, 1.54) is 0 Å². The Hall–Kier alpha value is -4.39. The predicted molar refractivity (Wildman–Crippen MR) is 121 cm³/mol. The quantitative estimate of drug-likeness (QED) is 0.436. The highest BCUT2D eigenvalue weighted by molar-refractivity contribution is 6.04. The van der Waals surface area contributed by atoms with Crippen LogP contribution in [0.15, 0.2) is 84.9 Å². The number of aromatic nitrogens is 2. The van der Waals surface area contributed by atoms with Crippen LogP contribution < -0.4 is 19.5 Å². The lowest BCUT2D eigenvalue weighted by atomic mass is 10.1. The first-order valence-electron chi connectivity index (χ1n) is 9.87. The summed E-state index contributed by atoms with van der Waals surface area (Å²) in [5, 5.41) is 11.2. The molecule has 0 spiro atoms. The highest BCUT2D eigenvalue weighted by Gasteiger charge is 2.09. The van der Waals surface area contributed by atoms with Crippen LogP contribution >= 0.6 is 0 Å². The van der Waals surface area contributed by atoms with Crippen molar-refractivity contribution in [3.05, 3.63) is 90.5 Å². The average Bonchev–Trinajstić information content (AvgIpc) is 2.85. The number of rotatable bonds is 7. The second-order valence-electron chi connectivity index (χ2n) is 6.77. The molecule has 1 amide bonds. The summed E-state index contributed by atoms with van der Waals surface area (Å²) in [6.45, 7) is 0. The topological polar surface area (TPSA) is 82.6 Å². The van der Waals surface area contributed by atoms with Gasteiger partial charge in [0.2, 0.25) is 5.88 Å². The molecule has 0 aliphatic rings. The lowest BCUT2D eigenvalue weighted by Gasteiger charge is -2.09. The summed E-state index contributed by atoms with van der Waals surface area (Å²) in [7, 11) is 3.16. The van der Waals surface area contributed by atoms with Gasteiger partial charge in [0, 0.05) is 28.9 Å². The molecular formula is C25H21N3O4. The van der Waals surface area contributed by atoms with Gasteiger partial charge in [-0.3, -0.25) is 4.79 Å². The molecule has 0 radical (unpaired) electrons. The molecule has 1 N–H and O–H groups in total. The van der Waals surface area contributed by atoms with Gasteiger partial charge >= 0.3 is 0 Å². The van der Waals surface area contributed by atoms with Crippen LogP contribution in [0.2, 0.25) is 0 Å². The molecule has 3 aromatic carbocycles. The number of ether oxygens (including phenoxy) is 3. The molecule has 0 bridgehead atoms. The van der Waals surface area contributed by atoms with Crippen LogP contribution in [0.4, 0.5) is 5.69 Å². The van der Waals surface area contributed by atoms with Crippen molar-refractivity contribution in [3.8, 4) is 34.4 Å². The smallest absolute Gasteiger partial charge is 0.255 e. The molecule has 160 valence electrons. The molecular weight excluding hydrogens is 406 g/mol. The molecule has 4 aromatic rings. The first-order chi connectivity index (χ1) is 15.7. The van der Waals surface area contributed by atoms with Crippen LogP contribution in [0.3, 0.4) is 0 Å². The van der Waals surface area contributed by atoms with Gasteiger partial charge in [0.1, 0.15) is 5.75 Å². The number of hydrogen-bond donors (Lipinski definition) is 1. The molecule has 0 aliphatic carbocycles. The number of carbonyl (C=O) groups excluding carboxylic acids is 1. The van der Waals surface area contributed by atoms with Gasteiger partial charge in [-0.15, -0.1) is 10.2 Å². The second kappa shape index (κ2) is 9.61. The van der Waals surface area contributed by atoms with Crippen molar-refractivity contribution in [2.45, 2.75) is 0 Å². The van der Waals surface area contributed by atoms with Gasteiger partial charge in [-0.1, -0.05) is 30.3 Å². The lowest BCUT2D eigenvalue weighted by Crippen LogP contribution is -2.11. The fourth-order valence-corrected chi connectivity index (χ4v) is 3.04.